The molecule has 14 heavy (non-hydrogen) atoms. The average molecular weight is 192 g/mol. The van der Waals surface area contributed by atoms with Gasteiger partial charge in [-0.05, 0) is 24.8 Å². The van der Waals surface area contributed by atoms with E-state index in [0.717, 1.165) is 12.0 Å². The van der Waals surface area contributed by atoms with Gasteiger partial charge in [0.25, 0.3) is 0 Å². The van der Waals surface area contributed by atoms with Crippen LogP contribution in [-0.4, -0.2) is 11.1 Å². The fourth-order valence-corrected chi connectivity index (χ4v) is 1.55. The van der Waals surface area contributed by atoms with Crippen LogP contribution in [0.15, 0.2) is 24.3 Å². The first kappa shape index (κ1) is 10.8. The van der Waals surface area contributed by atoms with Gasteiger partial charge in [0.05, 0.1) is 6.42 Å². The first-order valence-electron chi connectivity index (χ1n) is 4.91. The predicted molar refractivity (Wildman–Crippen MR) is 56.5 cm³/mol. The third-order valence-electron chi connectivity index (χ3n) is 2.46. The highest BCUT2D eigenvalue weighted by Crippen LogP contribution is 2.23. The SMILES string of the molecule is CC[C@@H](CC(=O)O)c1ccc(C)cc1. The van der Waals surface area contributed by atoms with E-state index in [2.05, 4.69) is 0 Å². The van der Waals surface area contributed by atoms with E-state index in [1.165, 1.54) is 5.56 Å². The van der Waals surface area contributed by atoms with Crippen molar-refractivity contribution in [3.8, 4) is 0 Å². The van der Waals surface area contributed by atoms with E-state index in [1.54, 1.807) is 0 Å². The Kier molecular flexibility index (Phi) is 3.69. The molecule has 0 saturated carbocycles. The maximum atomic E-state index is 10.6. The van der Waals surface area contributed by atoms with Gasteiger partial charge < -0.3 is 5.11 Å². The molecule has 0 amide bonds. The Hall–Kier alpha value is -1.31. The summed E-state index contributed by atoms with van der Waals surface area (Å²) >= 11 is 0. The molecule has 0 aromatic heterocycles. The lowest BCUT2D eigenvalue weighted by atomic mass is 9.93. The topological polar surface area (TPSA) is 37.3 Å². The molecule has 1 N–H and O–H groups in total. The lowest BCUT2D eigenvalue weighted by Crippen LogP contribution is -2.05. The Morgan fingerprint density at radius 3 is 2.36 bits per heavy atom. The first-order chi connectivity index (χ1) is 6.63. The lowest BCUT2D eigenvalue weighted by molar-refractivity contribution is -0.137. The summed E-state index contributed by atoms with van der Waals surface area (Å²) in [5.74, 6) is -0.578. The Balaban J connectivity index is 2.78. The number of hydrogen-bond donors (Lipinski definition) is 1. The van der Waals surface area contributed by atoms with E-state index >= 15 is 0 Å². The number of carboxylic acid groups (broad SMARTS) is 1. The van der Waals surface area contributed by atoms with Crippen LogP contribution in [0, 0.1) is 6.92 Å². The molecular formula is C12H16O2. The van der Waals surface area contributed by atoms with Gasteiger partial charge in [0.15, 0.2) is 0 Å². The average Bonchev–Trinajstić information content (AvgIpc) is 2.15. The van der Waals surface area contributed by atoms with Crippen LogP contribution in [0.25, 0.3) is 0 Å². The minimum absolute atomic E-state index is 0.146. The second-order valence-corrected chi connectivity index (χ2v) is 3.61. The highest BCUT2D eigenvalue weighted by Gasteiger charge is 2.12. The standard InChI is InChI=1S/C12H16O2/c1-3-10(8-12(13)14)11-6-4-9(2)5-7-11/h4-7,10H,3,8H2,1-2H3,(H,13,14)/t10-/m0/s1. The Bertz CT molecular complexity index is 301. The van der Waals surface area contributed by atoms with Gasteiger partial charge in [-0.2, -0.15) is 0 Å². The fraction of sp³-hybridized carbons (Fsp3) is 0.417. The molecule has 0 saturated heterocycles. The summed E-state index contributed by atoms with van der Waals surface area (Å²) in [6.45, 7) is 4.05. The molecule has 0 radical (unpaired) electrons. The van der Waals surface area contributed by atoms with Gasteiger partial charge in [-0.1, -0.05) is 36.8 Å². The number of carboxylic acids is 1. The molecule has 2 heteroatoms. The minimum atomic E-state index is -0.725. The Morgan fingerprint density at radius 2 is 1.93 bits per heavy atom. The summed E-state index contributed by atoms with van der Waals surface area (Å²) in [6, 6.07) is 8.10. The second kappa shape index (κ2) is 4.80. The molecule has 0 fully saturated rings. The maximum Gasteiger partial charge on any atom is 0.303 e. The molecule has 2 nitrogen and oxygen atoms in total. The van der Waals surface area contributed by atoms with Crippen LogP contribution < -0.4 is 0 Å². The number of aliphatic carboxylic acids is 1. The summed E-state index contributed by atoms with van der Waals surface area (Å²) in [6.07, 6.45) is 1.09. The molecule has 1 aromatic carbocycles. The van der Waals surface area contributed by atoms with Crippen molar-refractivity contribution in [2.75, 3.05) is 0 Å². The molecule has 0 bridgehead atoms. The third-order valence-corrected chi connectivity index (χ3v) is 2.46. The van der Waals surface area contributed by atoms with Gasteiger partial charge >= 0.3 is 5.97 Å². The summed E-state index contributed by atoms with van der Waals surface area (Å²) < 4.78 is 0. The zero-order valence-electron chi connectivity index (χ0n) is 8.66. The van der Waals surface area contributed by atoms with Crippen molar-refractivity contribution < 1.29 is 9.90 Å². The van der Waals surface area contributed by atoms with Crippen LogP contribution >= 0.6 is 0 Å². The molecule has 0 unspecified atom stereocenters. The summed E-state index contributed by atoms with van der Waals surface area (Å²) in [5.41, 5.74) is 2.33. The summed E-state index contributed by atoms with van der Waals surface area (Å²) in [4.78, 5) is 10.6. The number of carbonyl (C=O) groups is 1. The molecule has 0 heterocycles. The van der Waals surface area contributed by atoms with Gasteiger partial charge in [-0.15, -0.1) is 0 Å². The smallest absolute Gasteiger partial charge is 0.303 e. The number of benzene rings is 1. The van der Waals surface area contributed by atoms with E-state index < -0.39 is 5.97 Å². The fourth-order valence-electron chi connectivity index (χ4n) is 1.55. The molecule has 0 aliphatic heterocycles. The number of aryl methyl sites for hydroxylation is 1. The van der Waals surface area contributed by atoms with Gasteiger partial charge in [-0.3, -0.25) is 4.79 Å². The van der Waals surface area contributed by atoms with Crippen LogP contribution in [0.5, 0.6) is 0 Å². The quantitative estimate of drug-likeness (QED) is 0.796. The third kappa shape index (κ3) is 2.87. The highest BCUT2D eigenvalue weighted by molar-refractivity contribution is 5.68. The van der Waals surface area contributed by atoms with Crippen molar-refractivity contribution in [3.05, 3.63) is 35.4 Å². The van der Waals surface area contributed by atoms with Crippen molar-refractivity contribution in [1.82, 2.24) is 0 Å². The van der Waals surface area contributed by atoms with Crippen LogP contribution in [0.3, 0.4) is 0 Å². The molecule has 0 spiro atoms. The minimum Gasteiger partial charge on any atom is -0.481 e. The van der Waals surface area contributed by atoms with Gasteiger partial charge in [0, 0.05) is 0 Å². The monoisotopic (exact) mass is 192 g/mol. The van der Waals surface area contributed by atoms with Gasteiger partial charge in [0.2, 0.25) is 0 Å². The lowest BCUT2D eigenvalue weighted by Gasteiger charge is -2.12. The normalized spacial score (nSPS) is 12.4. The maximum absolute atomic E-state index is 10.6. The molecule has 0 aliphatic carbocycles. The first-order valence-corrected chi connectivity index (χ1v) is 4.91. The zero-order chi connectivity index (χ0) is 10.6. The zero-order valence-corrected chi connectivity index (χ0v) is 8.66. The molecule has 1 rings (SSSR count). The van der Waals surface area contributed by atoms with Crippen molar-refractivity contribution in [2.45, 2.75) is 32.6 Å². The second-order valence-electron chi connectivity index (χ2n) is 3.61. The van der Waals surface area contributed by atoms with Crippen molar-refractivity contribution in [1.29, 1.82) is 0 Å². The molecule has 76 valence electrons. The van der Waals surface area contributed by atoms with E-state index in [-0.39, 0.29) is 12.3 Å². The van der Waals surface area contributed by atoms with Crippen molar-refractivity contribution in [2.24, 2.45) is 0 Å². The Labute approximate surface area is 84.6 Å². The van der Waals surface area contributed by atoms with Crippen LogP contribution in [0.2, 0.25) is 0 Å². The van der Waals surface area contributed by atoms with Crippen LogP contribution in [0.1, 0.15) is 36.8 Å². The molecule has 1 atom stereocenters. The van der Waals surface area contributed by atoms with E-state index in [9.17, 15) is 4.79 Å². The summed E-state index contributed by atoms with van der Waals surface area (Å²) in [5, 5.41) is 8.73. The van der Waals surface area contributed by atoms with Crippen molar-refractivity contribution >= 4 is 5.97 Å². The summed E-state index contributed by atoms with van der Waals surface area (Å²) in [7, 11) is 0. The molecule has 1 aromatic rings. The van der Waals surface area contributed by atoms with Crippen LogP contribution in [0.4, 0.5) is 0 Å². The number of rotatable bonds is 4. The molecular weight excluding hydrogens is 176 g/mol. The van der Waals surface area contributed by atoms with Crippen molar-refractivity contribution in [3.63, 3.8) is 0 Å². The van der Waals surface area contributed by atoms with E-state index in [4.69, 9.17) is 5.11 Å². The Morgan fingerprint density at radius 1 is 1.36 bits per heavy atom. The van der Waals surface area contributed by atoms with Gasteiger partial charge in [-0.25, -0.2) is 0 Å². The van der Waals surface area contributed by atoms with E-state index in [1.807, 2.05) is 38.1 Å². The number of hydrogen-bond acceptors (Lipinski definition) is 1. The highest BCUT2D eigenvalue weighted by atomic mass is 16.4. The van der Waals surface area contributed by atoms with Crippen LogP contribution in [-0.2, 0) is 4.79 Å². The molecule has 0 aliphatic rings. The predicted octanol–water partition coefficient (Wildman–Crippen LogP) is 2.96. The largest absolute Gasteiger partial charge is 0.481 e. The van der Waals surface area contributed by atoms with E-state index in [0.29, 0.717) is 0 Å². The van der Waals surface area contributed by atoms with Gasteiger partial charge in [0.1, 0.15) is 0 Å².